The summed E-state index contributed by atoms with van der Waals surface area (Å²) in [5.41, 5.74) is 7.35. The van der Waals surface area contributed by atoms with Gasteiger partial charge in [-0.1, -0.05) is 28.1 Å². The number of carbonyl (C=O) groups is 1. The Bertz CT molecular complexity index is 506. The van der Waals surface area contributed by atoms with E-state index in [4.69, 9.17) is 22.7 Å². The maximum Gasteiger partial charge on any atom is 0.325 e. The Balaban J connectivity index is 3.17. The minimum Gasteiger partial charge on any atom is -0.465 e. The van der Waals surface area contributed by atoms with E-state index in [1.807, 2.05) is 36.9 Å². The van der Waals surface area contributed by atoms with E-state index in [1.54, 1.807) is 6.92 Å². The molecular formula is C14H19BrN2O2S. The monoisotopic (exact) mass is 358 g/mol. The second kappa shape index (κ2) is 7.59. The first-order valence-electron chi connectivity index (χ1n) is 6.38. The lowest BCUT2D eigenvalue weighted by atomic mass is 10.1. The van der Waals surface area contributed by atoms with Crippen molar-refractivity contribution in [1.29, 1.82) is 0 Å². The van der Waals surface area contributed by atoms with Crippen LogP contribution in [0.4, 0.5) is 5.69 Å². The van der Waals surface area contributed by atoms with E-state index in [-0.39, 0.29) is 18.6 Å². The Morgan fingerprint density at radius 1 is 1.50 bits per heavy atom. The van der Waals surface area contributed by atoms with Gasteiger partial charge < -0.3 is 15.4 Å². The summed E-state index contributed by atoms with van der Waals surface area (Å²) in [5.74, 6) is -0.268. The molecule has 0 saturated carbocycles. The molecule has 0 aliphatic heterocycles. The molecule has 110 valence electrons. The van der Waals surface area contributed by atoms with Gasteiger partial charge in [-0.3, -0.25) is 4.79 Å². The van der Waals surface area contributed by atoms with Gasteiger partial charge in [0, 0.05) is 21.8 Å². The molecule has 4 nitrogen and oxygen atoms in total. The fourth-order valence-electron chi connectivity index (χ4n) is 1.84. The average molecular weight is 359 g/mol. The highest BCUT2D eigenvalue weighted by atomic mass is 79.9. The van der Waals surface area contributed by atoms with E-state index in [0.717, 1.165) is 15.7 Å². The molecule has 0 aliphatic carbocycles. The first kappa shape index (κ1) is 16.9. The third kappa shape index (κ3) is 4.45. The molecule has 0 unspecified atom stereocenters. The number of esters is 1. The summed E-state index contributed by atoms with van der Waals surface area (Å²) in [7, 11) is 0. The lowest BCUT2D eigenvalue weighted by Crippen LogP contribution is -2.37. The van der Waals surface area contributed by atoms with Gasteiger partial charge >= 0.3 is 5.97 Å². The van der Waals surface area contributed by atoms with Crippen molar-refractivity contribution in [3.63, 3.8) is 0 Å². The molecular weight excluding hydrogens is 340 g/mol. The third-order valence-corrected chi connectivity index (χ3v) is 3.48. The highest BCUT2D eigenvalue weighted by Gasteiger charge is 2.19. The first-order chi connectivity index (χ1) is 9.36. The summed E-state index contributed by atoms with van der Waals surface area (Å²) in [5, 5.41) is 0. The van der Waals surface area contributed by atoms with Crippen LogP contribution >= 0.6 is 28.1 Å². The molecule has 0 radical (unpaired) electrons. The molecule has 0 spiro atoms. The number of ether oxygens (including phenoxy) is 1. The Hall–Kier alpha value is -1.14. The lowest BCUT2D eigenvalue weighted by molar-refractivity contribution is -0.141. The van der Waals surface area contributed by atoms with Crippen LogP contribution in [0, 0.1) is 0 Å². The second-order valence-corrected chi connectivity index (χ2v) is 5.91. The Kier molecular flexibility index (Phi) is 6.42. The molecule has 0 aromatic heterocycles. The molecule has 20 heavy (non-hydrogen) atoms. The number of anilines is 1. The number of carbonyl (C=O) groups excluding carboxylic acids is 1. The molecule has 0 amide bonds. The topological polar surface area (TPSA) is 55.6 Å². The smallest absolute Gasteiger partial charge is 0.325 e. The number of hydrogen-bond donors (Lipinski definition) is 1. The minimum atomic E-state index is -0.268. The molecule has 0 saturated heterocycles. The standard InChI is InChI=1S/C14H19BrN2O2S/c1-4-19-13(18)8-17(9(2)3)12-7-10(15)5-6-11(12)14(16)20/h5-7,9H,4,8H2,1-3H3,(H2,16,20). The van der Waals surface area contributed by atoms with Crippen LogP contribution in [-0.4, -0.2) is 30.2 Å². The van der Waals surface area contributed by atoms with E-state index in [9.17, 15) is 4.79 Å². The van der Waals surface area contributed by atoms with Crippen molar-refractivity contribution in [2.45, 2.75) is 26.8 Å². The minimum absolute atomic E-state index is 0.113. The SMILES string of the molecule is CCOC(=O)CN(c1cc(Br)ccc1C(N)=S)C(C)C. The number of rotatable bonds is 6. The number of benzene rings is 1. The van der Waals surface area contributed by atoms with Crippen molar-refractivity contribution in [3.05, 3.63) is 28.2 Å². The maximum absolute atomic E-state index is 11.8. The lowest BCUT2D eigenvalue weighted by Gasteiger charge is -2.30. The van der Waals surface area contributed by atoms with Gasteiger partial charge in [-0.15, -0.1) is 0 Å². The molecule has 0 atom stereocenters. The predicted octanol–water partition coefficient (Wildman–Crippen LogP) is 2.86. The van der Waals surface area contributed by atoms with E-state index in [2.05, 4.69) is 15.9 Å². The maximum atomic E-state index is 11.8. The molecule has 0 fully saturated rings. The van der Waals surface area contributed by atoms with Crippen LogP contribution in [0.3, 0.4) is 0 Å². The number of nitrogens with two attached hydrogens (primary N) is 1. The van der Waals surface area contributed by atoms with Crippen LogP contribution in [0.15, 0.2) is 22.7 Å². The Labute approximate surface area is 133 Å². The van der Waals surface area contributed by atoms with Gasteiger partial charge in [0.15, 0.2) is 0 Å². The van der Waals surface area contributed by atoms with Gasteiger partial charge in [0.2, 0.25) is 0 Å². The van der Waals surface area contributed by atoms with Crippen LogP contribution in [0.1, 0.15) is 26.3 Å². The predicted molar refractivity (Wildman–Crippen MR) is 89.1 cm³/mol. The Morgan fingerprint density at radius 2 is 2.15 bits per heavy atom. The van der Waals surface area contributed by atoms with E-state index >= 15 is 0 Å². The molecule has 0 bridgehead atoms. The summed E-state index contributed by atoms with van der Waals surface area (Å²) in [6.07, 6.45) is 0. The molecule has 0 heterocycles. The second-order valence-electron chi connectivity index (χ2n) is 4.55. The summed E-state index contributed by atoms with van der Waals surface area (Å²) in [6.45, 7) is 6.33. The highest BCUT2D eigenvalue weighted by molar-refractivity contribution is 9.10. The molecule has 6 heteroatoms. The van der Waals surface area contributed by atoms with Crippen molar-refractivity contribution in [2.75, 3.05) is 18.1 Å². The number of nitrogens with zero attached hydrogens (tertiary/aromatic N) is 1. The zero-order chi connectivity index (χ0) is 15.3. The van der Waals surface area contributed by atoms with Gasteiger partial charge in [0.1, 0.15) is 11.5 Å². The van der Waals surface area contributed by atoms with Crippen LogP contribution < -0.4 is 10.6 Å². The van der Waals surface area contributed by atoms with Crippen LogP contribution in [-0.2, 0) is 9.53 Å². The van der Waals surface area contributed by atoms with Crippen LogP contribution in [0.25, 0.3) is 0 Å². The number of halogens is 1. The summed E-state index contributed by atoms with van der Waals surface area (Å²) >= 11 is 8.52. The fraction of sp³-hybridized carbons (Fsp3) is 0.429. The van der Waals surface area contributed by atoms with Crippen molar-refractivity contribution in [3.8, 4) is 0 Å². The number of hydrogen-bond acceptors (Lipinski definition) is 4. The van der Waals surface area contributed by atoms with Crippen molar-refractivity contribution in [2.24, 2.45) is 5.73 Å². The fourth-order valence-corrected chi connectivity index (χ4v) is 2.36. The summed E-state index contributed by atoms with van der Waals surface area (Å²) in [4.78, 5) is 14.0. The van der Waals surface area contributed by atoms with Crippen LogP contribution in [0.5, 0.6) is 0 Å². The van der Waals surface area contributed by atoms with Crippen molar-refractivity contribution < 1.29 is 9.53 Å². The summed E-state index contributed by atoms with van der Waals surface area (Å²) < 4.78 is 5.92. The van der Waals surface area contributed by atoms with Gasteiger partial charge in [-0.05, 0) is 39.0 Å². The molecule has 1 rings (SSSR count). The van der Waals surface area contributed by atoms with E-state index in [0.29, 0.717) is 11.6 Å². The molecule has 0 aliphatic rings. The molecule has 1 aromatic carbocycles. The molecule has 2 N–H and O–H groups in total. The van der Waals surface area contributed by atoms with E-state index < -0.39 is 0 Å². The quantitative estimate of drug-likeness (QED) is 0.625. The van der Waals surface area contributed by atoms with Gasteiger partial charge in [-0.2, -0.15) is 0 Å². The van der Waals surface area contributed by atoms with Gasteiger partial charge in [0.05, 0.1) is 6.61 Å². The van der Waals surface area contributed by atoms with E-state index in [1.165, 1.54) is 0 Å². The van der Waals surface area contributed by atoms with Gasteiger partial charge in [-0.25, -0.2) is 0 Å². The zero-order valence-corrected chi connectivity index (χ0v) is 14.3. The summed E-state index contributed by atoms with van der Waals surface area (Å²) in [6, 6.07) is 5.75. The third-order valence-electron chi connectivity index (χ3n) is 2.76. The largest absolute Gasteiger partial charge is 0.465 e. The first-order valence-corrected chi connectivity index (χ1v) is 7.58. The van der Waals surface area contributed by atoms with Crippen molar-refractivity contribution in [1.82, 2.24) is 0 Å². The number of thiocarbonyl (C=S) groups is 1. The average Bonchev–Trinajstić information content (AvgIpc) is 2.35. The van der Waals surface area contributed by atoms with Crippen molar-refractivity contribution >= 4 is 44.8 Å². The highest BCUT2D eigenvalue weighted by Crippen LogP contribution is 2.27. The Morgan fingerprint density at radius 3 is 2.65 bits per heavy atom. The molecule has 1 aromatic rings. The zero-order valence-electron chi connectivity index (χ0n) is 11.9. The van der Waals surface area contributed by atoms with Gasteiger partial charge in [0.25, 0.3) is 0 Å². The van der Waals surface area contributed by atoms with Crippen LogP contribution in [0.2, 0.25) is 0 Å². The normalized spacial score (nSPS) is 10.4.